The molecule has 0 radical (unpaired) electrons. The summed E-state index contributed by atoms with van der Waals surface area (Å²) in [7, 11) is 0. The number of nitrogens with two attached hydrogens (primary N) is 1. The first-order valence-corrected chi connectivity index (χ1v) is 6.20. The summed E-state index contributed by atoms with van der Waals surface area (Å²) in [5, 5.41) is 0.686. The lowest BCUT2D eigenvalue weighted by molar-refractivity contribution is 0.634. The zero-order valence-corrected chi connectivity index (χ0v) is 11.2. The fourth-order valence-corrected chi connectivity index (χ4v) is 2.24. The molecular formula is C12H11BrClN3. The fraction of sp³-hybridized carbons (Fsp3) is 0.0833. The summed E-state index contributed by atoms with van der Waals surface area (Å²) in [6, 6.07) is 9.42. The minimum absolute atomic E-state index is 0.126. The number of hydrazine groups is 1. The molecular weight excluding hydrogens is 302 g/mol. The Morgan fingerprint density at radius 3 is 2.71 bits per heavy atom. The molecule has 0 amide bonds. The van der Waals surface area contributed by atoms with Gasteiger partial charge in [-0.05, 0) is 45.3 Å². The molecule has 2 aromatic rings. The van der Waals surface area contributed by atoms with Gasteiger partial charge in [-0.25, -0.2) is 5.43 Å². The van der Waals surface area contributed by atoms with Crippen molar-refractivity contribution in [3.63, 3.8) is 0 Å². The zero-order valence-electron chi connectivity index (χ0n) is 8.90. The van der Waals surface area contributed by atoms with Gasteiger partial charge in [-0.2, -0.15) is 0 Å². The normalized spacial score (nSPS) is 12.4. The van der Waals surface area contributed by atoms with Gasteiger partial charge in [0.2, 0.25) is 0 Å². The Kier molecular flexibility index (Phi) is 4.12. The van der Waals surface area contributed by atoms with Crippen molar-refractivity contribution in [3.05, 3.63) is 63.3 Å². The maximum absolute atomic E-state index is 5.97. The number of aromatic nitrogens is 1. The van der Waals surface area contributed by atoms with Crippen molar-refractivity contribution >= 4 is 27.5 Å². The molecule has 3 N–H and O–H groups in total. The molecule has 3 nitrogen and oxygen atoms in total. The molecule has 17 heavy (non-hydrogen) atoms. The van der Waals surface area contributed by atoms with Gasteiger partial charge in [0, 0.05) is 21.9 Å². The smallest absolute Gasteiger partial charge is 0.0725 e. The minimum Gasteiger partial charge on any atom is -0.271 e. The third-order valence-corrected chi connectivity index (χ3v) is 3.08. The third kappa shape index (κ3) is 3.04. The number of pyridine rings is 1. The van der Waals surface area contributed by atoms with Crippen LogP contribution in [0.2, 0.25) is 5.02 Å². The summed E-state index contributed by atoms with van der Waals surface area (Å²) in [4.78, 5) is 4.13. The predicted molar refractivity (Wildman–Crippen MR) is 72.6 cm³/mol. The van der Waals surface area contributed by atoms with E-state index >= 15 is 0 Å². The number of hydrogen-bond donors (Lipinski definition) is 2. The van der Waals surface area contributed by atoms with Crippen molar-refractivity contribution in [2.75, 3.05) is 0 Å². The van der Waals surface area contributed by atoms with Gasteiger partial charge < -0.3 is 0 Å². The number of benzene rings is 1. The molecule has 0 spiro atoms. The van der Waals surface area contributed by atoms with Gasteiger partial charge >= 0.3 is 0 Å². The Labute approximate surface area is 113 Å². The van der Waals surface area contributed by atoms with E-state index in [4.69, 9.17) is 17.4 Å². The van der Waals surface area contributed by atoms with Gasteiger partial charge in [-0.3, -0.25) is 10.8 Å². The number of nitrogens with zero attached hydrogens (tertiary/aromatic N) is 1. The van der Waals surface area contributed by atoms with E-state index in [9.17, 15) is 0 Å². The molecule has 0 saturated heterocycles. The summed E-state index contributed by atoms with van der Waals surface area (Å²) in [6.07, 6.45) is 3.51. The number of hydrogen-bond acceptors (Lipinski definition) is 3. The summed E-state index contributed by atoms with van der Waals surface area (Å²) in [5.74, 6) is 5.60. The molecule has 0 aliphatic rings. The van der Waals surface area contributed by atoms with Crippen LogP contribution in [0.3, 0.4) is 0 Å². The van der Waals surface area contributed by atoms with Crippen molar-refractivity contribution in [2.24, 2.45) is 5.84 Å². The van der Waals surface area contributed by atoms with Crippen molar-refractivity contribution < 1.29 is 0 Å². The van der Waals surface area contributed by atoms with E-state index in [0.29, 0.717) is 5.02 Å². The van der Waals surface area contributed by atoms with Crippen LogP contribution in [0.25, 0.3) is 0 Å². The SMILES string of the molecule is NNC(c1cccc(Cl)c1)c1cncc(Br)c1. The molecule has 1 unspecified atom stereocenters. The molecule has 1 aromatic carbocycles. The monoisotopic (exact) mass is 311 g/mol. The first kappa shape index (κ1) is 12.5. The number of nitrogens with one attached hydrogen (secondary N) is 1. The molecule has 1 atom stereocenters. The highest BCUT2D eigenvalue weighted by Gasteiger charge is 2.13. The Morgan fingerprint density at radius 2 is 2.06 bits per heavy atom. The van der Waals surface area contributed by atoms with E-state index in [1.807, 2.05) is 30.3 Å². The third-order valence-electron chi connectivity index (χ3n) is 2.41. The molecule has 0 fully saturated rings. The highest BCUT2D eigenvalue weighted by atomic mass is 79.9. The van der Waals surface area contributed by atoms with Crippen molar-refractivity contribution in [2.45, 2.75) is 6.04 Å². The Hall–Kier alpha value is -0.940. The maximum Gasteiger partial charge on any atom is 0.0725 e. The van der Waals surface area contributed by atoms with Crippen LogP contribution in [0.5, 0.6) is 0 Å². The number of rotatable bonds is 3. The Morgan fingerprint density at radius 1 is 1.24 bits per heavy atom. The van der Waals surface area contributed by atoms with Crippen molar-refractivity contribution in [3.8, 4) is 0 Å². The summed E-state index contributed by atoms with van der Waals surface area (Å²) < 4.78 is 0.914. The second-order valence-corrected chi connectivity index (χ2v) is 4.94. The van der Waals surface area contributed by atoms with Gasteiger partial charge in [-0.15, -0.1) is 0 Å². The van der Waals surface area contributed by atoms with Gasteiger partial charge in [0.15, 0.2) is 0 Å². The Bertz CT molecular complexity index is 473. The first-order chi connectivity index (χ1) is 8.20. The average molecular weight is 313 g/mol. The molecule has 5 heteroatoms. The minimum atomic E-state index is -0.126. The molecule has 2 rings (SSSR count). The van der Waals surface area contributed by atoms with Crippen LogP contribution in [0.15, 0.2) is 47.2 Å². The van der Waals surface area contributed by atoms with Gasteiger partial charge in [-0.1, -0.05) is 23.7 Å². The fourth-order valence-electron chi connectivity index (χ4n) is 1.66. The zero-order chi connectivity index (χ0) is 12.3. The lowest BCUT2D eigenvalue weighted by Crippen LogP contribution is -2.28. The van der Waals surface area contributed by atoms with E-state index in [0.717, 1.165) is 15.6 Å². The lowest BCUT2D eigenvalue weighted by atomic mass is 10.0. The molecule has 88 valence electrons. The van der Waals surface area contributed by atoms with E-state index in [1.165, 1.54) is 0 Å². The molecule has 0 bridgehead atoms. The average Bonchev–Trinajstić information content (AvgIpc) is 2.30. The number of halogens is 2. The van der Waals surface area contributed by atoms with E-state index in [-0.39, 0.29) is 6.04 Å². The molecule has 0 aliphatic carbocycles. The van der Waals surface area contributed by atoms with Gasteiger partial charge in [0.1, 0.15) is 0 Å². The quantitative estimate of drug-likeness (QED) is 0.676. The van der Waals surface area contributed by atoms with E-state index in [2.05, 4.69) is 26.3 Å². The van der Waals surface area contributed by atoms with E-state index < -0.39 is 0 Å². The molecule has 1 heterocycles. The van der Waals surface area contributed by atoms with Crippen LogP contribution in [0.1, 0.15) is 17.2 Å². The van der Waals surface area contributed by atoms with Crippen LogP contribution >= 0.6 is 27.5 Å². The first-order valence-electron chi connectivity index (χ1n) is 5.03. The topological polar surface area (TPSA) is 50.9 Å². The van der Waals surface area contributed by atoms with Crippen LogP contribution in [-0.2, 0) is 0 Å². The largest absolute Gasteiger partial charge is 0.271 e. The highest BCUT2D eigenvalue weighted by Crippen LogP contribution is 2.24. The van der Waals surface area contributed by atoms with Crippen LogP contribution in [0.4, 0.5) is 0 Å². The van der Waals surface area contributed by atoms with Crippen molar-refractivity contribution in [1.82, 2.24) is 10.4 Å². The van der Waals surface area contributed by atoms with Crippen LogP contribution in [-0.4, -0.2) is 4.98 Å². The Balaban J connectivity index is 2.40. The van der Waals surface area contributed by atoms with Crippen molar-refractivity contribution in [1.29, 1.82) is 0 Å². The van der Waals surface area contributed by atoms with Crippen LogP contribution < -0.4 is 11.3 Å². The lowest BCUT2D eigenvalue weighted by Gasteiger charge is -2.16. The maximum atomic E-state index is 5.97. The standard InChI is InChI=1S/C12H11BrClN3/c13-10-4-9(6-16-7-10)12(17-15)8-2-1-3-11(14)5-8/h1-7,12,17H,15H2. The second kappa shape index (κ2) is 5.60. The predicted octanol–water partition coefficient (Wildman–Crippen LogP) is 3.05. The van der Waals surface area contributed by atoms with Gasteiger partial charge in [0.05, 0.1) is 6.04 Å². The van der Waals surface area contributed by atoms with E-state index in [1.54, 1.807) is 12.4 Å². The second-order valence-electron chi connectivity index (χ2n) is 3.59. The summed E-state index contributed by atoms with van der Waals surface area (Å²) in [5.41, 5.74) is 4.75. The summed E-state index contributed by atoms with van der Waals surface area (Å²) >= 11 is 9.36. The molecule has 0 aliphatic heterocycles. The molecule has 1 aromatic heterocycles. The van der Waals surface area contributed by atoms with Gasteiger partial charge in [0.25, 0.3) is 0 Å². The highest BCUT2D eigenvalue weighted by molar-refractivity contribution is 9.10. The molecule has 0 saturated carbocycles. The summed E-state index contributed by atoms with van der Waals surface area (Å²) in [6.45, 7) is 0. The van der Waals surface area contributed by atoms with Crippen LogP contribution in [0, 0.1) is 0 Å².